The van der Waals surface area contributed by atoms with Gasteiger partial charge in [0, 0.05) is 24.7 Å². The lowest BCUT2D eigenvalue weighted by Crippen LogP contribution is -2.57. The van der Waals surface area contributed by atoms with Crippen LogP contribution >= 0.6 is 0 Å². The van der Waals surface area contributed by atoms with E-state index in [0.717, 1.165) is 25.3 Å². The van der Waals surface area contributed by atoms with Gasteiger partial charge < -0.3 is 15.0 Å². The average molecular weight is 325 g/mol. The largest absolute Gasteiger partial charge is 0.444 e. The molecule has 1 heterocycles. The fourth-order valence-electron chi connectivity index (χ4n) is 4.06. The van der Waals surface area contributed by atoms with Crippen LogP contribution in [0.5, 0.6) is 0 Å². The molecule has 23 heavy (non-hydrogen) atoms. The van der Waals surface area contributed by atoms with E-state index in [1.54, 1.807) is 0 Å². The Morgan fingerprint density at radius 1 is 1.22 bits per heavy atom. The highest BCUT2D eigenvalue weighted by Crippen LogP contribution is 2.28. The average Bonchev–Trinajstić information content (AvgIpc) is 2.48. The number of amides is 1. The molecule has 1 aliphatic carbocycles. The highest BCUT2D eigenvalue weighted by atomic mass is 16.6. The first-order valence-electron chi connectivity index (χ1n) is 9.56. The summed E-state index contributed by atoms with van der Waals surface area (Å²) in [7, 11) is 0. The summed E-state index contributed by atoms with van der Waals surface area (Å²) in [6, 6.07) is 1.23. The lowest BCUT2D eigenvalue weighted by molar-refractivity contribution is 0.00573. The number of piperidine rings is 1. The van der Waals surface area contributed by atoms with Crippen LogP contribution in [0.15, 0.2) is 0 Å². The second kappa shape index (κ2) is 7.87. The molecule has 2 fully saturated rings. The highest BCUT2D eigenvalue weighted by molar-refractivity contribution is 5.68. The van der Waals surface area contributed by atoms with E-state index in [0.29, 0.717) is 12.1 Å². The lowest BCUT2D eigenvalue weighted by atomic mass is 9.83. The van der Waals surface area contributed by atoms with Crippen LogP contribution in [0.4, 0.5) is 4.79 Å². The molecule has 0 aromatic heterocycles. The zero-order valence-electron chi connectivity index (χ0n) is 15.7. The Bertz CT molecular complexity index is 391. The minimum atomic E-state index is -0.422. The third-order valence-electron chi connectivity index (χ3n) is 5.43. The van der Waals surface area contributed by atoms with Gasteiger partial charge in [-0.2, -0.15) is 0 Å². The van der Waals surface area contributed by atoms with Crippen molar-refractivity contribution in [3.63, 3.8) is 0 Å². The van der Waals surface area contributed by atoms with Gasteiger partial charge in [0.15, 0.2) is 0 Å². The Balaban J connectivity index is 1.91. The van der Waals surface area contributed by atoms with Crippen molar-refractivity contribution in [3.8, 4) is 0 Å². The number of hydrogen-bond donors (Lipinski definition) is 1. The molecular weight excluding hydrogens is 288 g/mol. The van der Waals surface area contributed by atoms with Gasteiger partial charge in [-0.25, -0.2) is 4.79 Å². The molecule has 4 atom stereocenters. The summed E-state index contributed by atoms with van der Waals surface area (Å²) in [6.45, 7) is 11.1. The van der Waals surface area contributed by atoms with E-state index < -0.39 is 5.60 Å². The molecule has 0 bridgehead atoms. The molecular formula is C19H36N2O2. The number of carbonyl (C=O) groups excluding carboxylic acids is 1. The van der Waals surface area contributed by atoms with Gasteiger partial charge in [0.1, 0.15) is 5.60 Å². The Morgan fingerprint density at radius 2 is 1.96 bits per heavy atom. The Labute approximate surface area is 142 Å². The standard InChI is InChI=1S/C19H36N2O2/c1-6-15-9-7-10-16(13-15)20-17-11-8-12-21(14(17)2)18(22)23-19(3,4)5/h14-17,20H,6-13H2,1-5H3. The summed E-state index contributed by atoms with van der Waals surface area (Å²) >= 11 is 0. The van der Waals surface area contributed by atoms with Crippen LogP contribution in [0.25, 0.3) is 0 Å². The van der Waals surface area contributed by atoms with E-state index >= 15 is 0 Å². The number of likely N-dealkylation sites (tertiary alicyclic amines) is 1. The summed E-state index contributed by atoms with van der Waals surface area (Å²) in [4.78, 5) is 14.4. The van der Waals surface area contributed by atoms with Gasteiger partial charge in [-0.15, -0.1) is 0 Å². The maximum atomic E-state index is 12.4. The SMILES string of the molecule is CCC1CCCC(NC2CCCN(C(=O)OC(C)(C)C)C2C)C1. The van der Waals surface area contributed by atoms with E-state index in [4.69, 9.17) is 4.74 Å². The predicted octanol–water partition coefficient (Wildman–Crippen LogP) is 4.33. The van der Waals surface area contributed by atoms with Crippen LogP contribution in [0.3, 0.4) is 0 Å². The van der Waals surface area contributed by atoms with Crippen LogP contribution in [-0.4, -0.2) is 41.3 Å². The maximum Gasteiger partial charge on any atom is 0.410 e. The Hall–Kier alpha value is -0.770. The van der Waals surface area contributed by atoms with Gasteiger partial charge in [-0.1, -0.05) is 26.2 Å². The first-order chi connectivity index (χ1) is 10.8. The van der Waals surface area contributed by atoms with Gasteiger partial charge in [0.25, 0.3) is 0 Å². The smallest absolute Gasteiger partial charge is 0.410 e. The topological polar surface area (TPSA) is 41.6 Å². The molecule has 2 rings (SSSR count). The Morgan fingerprint density at radius 3 is 2.61 bits per heavy atom. The Kier molecular flexibility index (Phi) is 6.35. The van der Waals surface area contributed by atoms with Crippen LogP contribution in [0.1, 0.15) is 79.6 Å². The van der Waals surface area contributed by atoms with E-state index in [2.05, 4.69) is 19.2 Å². The summed E-state index contributed by atoms with van der Waals surface area (Å²) in [5.41, 5.74) is -0.422. The van der Waals surface area contributed by atoms with Crippen molar-refractivity contribution in [1.82, 2.24) is 10.2 Å². The van der Waals surface area contributed by atoms with Crippen molar-refractivity contribution in [1.29, 1.82) is 0 Å². The first kappa shape index (κ1) is 18.6. The van der Waals surface area contributed by atoms with Crippen LogP contribution in [0, 0.1) is 5.92 Å². The summed E-state index contributed by atoms with van der Waals surface area (Å²) in [5.74, 6) is 0.877. The molecule has 2 aliphatic rings. The molecule has 0 spiro atoms. The molecule has 1 saturated heterocycles. The minimum absolute atomic E-state index is 0.161. The fraction of sp³-hybridized carbons (Fsp3) is 0.947. The molecule has 1 amide bonds. The minimum Gasteiger partial charge on any atom is -0.444 e. The van der Waals surface area contributed by atoms with E-state index in [9.17, 15) is 4.79 Å². The van der Waals surface area contributed by atoms with Gasteiger partial charge in [-0.3, -0.25) is 0 Å². The monoisotopic (exact) mass is 324 g/mol. The molecule has 0 radical (unpaired) electrons. The summed E-state index contributed by atoms with van der Waals surface area (Å²) in [5, 5.41) is 3.87. The zero-order chi connectivity index (χ0) is 17.0. The van der Waals surface area contributed by atoms with Crippen molar-refractivity contribution in [3.05, 3.63) is 0 Å². The molecule has 1 saturated carbocycles. The number of nitrogens with one attached hydrogen (secondary N) is 1. The lowest BCUT2D eigenvalue weighted by Gasteiger charge is -2.42. The summed E-state index contributed by atoms with van der Waals surface area (Å²) < 4.78 is 5.58. The molecule has 1 aliphatic heterocycles. The van der Waals surface area contributed by atoms with Crippen molar-refractivity contribution in [2.75, 3.05) is 6.54 Å². The van der Waals surface area contributed by atoms with Crippen molar-refractivity contribution >= 4 is 6.09 Å². The normalized spacial score (nSPS) is 32.7. The van der Waals surface area contributed by atoms with Crippen molar-refractivity contribution in [2.24, 2.45) is 5.92 Å². The second-order valence-corrected chi connectivity index (χ2v) is 8.47. The zero-order valence-corrected chi connectivity index (χ0v) is 15.7. The third-order valence-corrected chi connectivity index (χ3v) is 5.43. The van der Waals surface area contributed by atoms with E-state index in [-0.39, 0.29) is 12.1 Å². The van der Waals surface area contributed by atoms with Gasteiger partial charge in [0.2, 0.25) is 0 Å². The summed E-state index contributed by atoms with van der Waals surface area (Å²) in [6.07, 6.45) is 8.66. The van der Waals surface area contributed by atoms with Crippen molar-refractivity contribution in [2.45, 2.75) is 103 Å². The van der Waals surface area contributed by atoms with Crippen LogP contribution in [-0.2, 0) is 4.74 Å². The molecule has 4 heteroatoms. The third kappa shape index (κ3) is 5.37. The number of nitrogens with zero attached hydrogens (tertiary/aromatic N) is 1. The number of hydrogen-bond acceptors (Lipinski definition) is 3. The quantitative estimate of drug-likeness (QED) is 0.840. The van der Waals surface area contributed by atoms with E-state index in [1.807, 2.05) is 25.7 Å². The van der Waals surface area contributed by atoms with Gasteiger partial charge in [0.05, 0.1) is 0 Å². The molecule has 134 valence electrons. The molecule has 1 N–H and O–H groups in total. The second-order valence-electron chi connectivity index (χ2n) is 8.47. The highest BCUT2D eigenvalue weighted by Gasteiger charge is 2.35. The van der Waals surface area contributed by atoms with Gasteiger partial charge >= 0.3 is 6.09 Å². The number of rotatable bonds is 3. The number of ether oxygens (including phenoxy) is 1. The van der Waals surface area contributed by atoms with Crippen molar-refractivity contribution < 1.29 is 9.53 Å². The molecule has 0 aromatic rings. The van der Waals surface area contributed by atoms with Gasteiger partial charge in [-0.05, 0) is 59.3 Å². The first-order valence-corrected chi connectivity index (χ1v) is 9.56. The van der Waals surface area contributed by atoms with Crippen LogP contribution in [0.2, 0.25) is 0 Å². The molecule has 4 nitrogen and oxygen atoms in total. The fourth-order valence-corrected chi connectivity index (χ4v) is 4.06. The predicted molar refractivity (Wildman–Crippen MR) is 94.6 cm³/mol. The van der Waals surface area contributed by atoms with E-state index in [1.165, 1.54) is 32.1 Å². The maximum absolute atomic E-state index is 12.4. The number of carbonyl (C=O) groups is 1. The van der Waals surface area contributed by atoms with Crippen LogP contribution < -0.4 is 5.32 Å². The molecule has 4 unspecified atom stereocenters. The molecule has 0 aromatic carbocycles.